The number of hydrogen-bond acceptors (Lipinski definition) is 4. The monoisotopic (exact) mass is 292 g/mol. The second-order valence-corrected chi connectivity index (χ2v) is 5.51. The van der Waals surface area contributed by atoms with Gasteiger partial charge in [-0.2, -0.15) is 0 Å². The number of aliphatic hydroxyl groups excluding tert-OH is 1. The molecule has 1 saturated heterocycles. The van der Waals surface area contributed by atoms with Crippen LogP contribution in [0.1, 0.15) is 18.4 Å². The molecule has 0 aromatic heterocycles. The fourth-order valence-corrected chi connectivity index (χ4v) is 2.78. The first kappa shape index (κ1) is 15.8. The molecule has 1 aromatic rings. The van der Waals surface area contributed by atoms with Crippen LogP contribution < -0.4 is 4.74 Å². The summed E-state index contributed by atoms with van der Waals surface area (Å²) in [6, 6.07) is 7.86. The Hall–Kier alpha value is -1.59. The first-order chi connectivity index (χ1) is 10.2. The summed E-state index contributed by atoms with van der Waals surface area (Å²) in [7, 11) is 3.44. The molecule has 0 saturated carbocycles. The maximum absolute atomic E-state index is 12.3. The van der Waals surface area contributed by atoms with E-state index in [2.05, 4.69) is 4.90 Å². The predicted molar refractivity (Wildman–Crippen MR) is 81.1 cm³/mol. The lowest BCUT2D eigenvalue weighted by Gasteiger charge is -2.25. The Balaban J connectivity index is 1.93. The van der Waals surface area contributed by atoms with Crippen molar-refractivity contribution in [1.82, 2.24) is 9.80 Å². The molecule has 21 heavy (non-hydrogen) atoms. The minimum Gasteiger partial charge on any atom is -0.496 e. The number of likely N-dealkylation sites (tertiary alicyclic amines) is 1. The molecule has 0 radical (unpaired) electrons. The molecule has 0 bridgehead atoms. The van der Waals surface area contributed by atoms with Gasteiger partial charge in [0, 0.05) is 25.2 Å². The average Bonchev–Trinajstić information content (AvgIpc) is 2.94. The van der Waals surface area contributed by atoms with Crippen LogP contribution in [0.2, 0.25) is 0 Å². The highest BCUT2D eigenvalue weighted by molar-refractivity contribution is 5.78. The summed E-state index contributed by atoms with van der Waals surface area (Å²) in [5.74, 6) is 0.868. The van der Waals surface area contributed by atoms with Gasteiger partial charge in [-0.25, -0.2) is 0 Å². The number of carbonyl (C=O) groups is 1. The summed E-state index contributed by atoms with van der Waals surface area (Å²) in [5, 5.41) is 9.31. The van der Waals surface area contributed by atoms with Crippen molar-refractivity contribution in [2.24, 2.45) is 0 Å². The number of methoxy groups -OCH3 is 1. The summed E-state index contributed by atoms with van der Waals surface area (Å²) in [5.41, 5.74) is 0.996. The molecular formula is C16H24N2O3. The quantitative estimate of drug-likeness (QED) is 0.853. The first-order valence-electron chi connectivity index (χ1n) is 7.36. The third kappa shape index (κ3) is 3.95. The van der Waals surface area contributed by atoms with E-state index in [4.69, 9.17) is 4.74 Å². The van der Waals surface area contributed by atoms with Crippen molar-refractivity contribution >= 4 is 5.91 Å². The van der Waals surface area contributed by atoms with Crippen LogP contribution in [0.4, 0.5) is 0 Å². The summed E-state index contributed by atoms with van der Waals surface area (Å²) in [4.78, 5) is 16.1. The van der Waals surface area contributed by atoms with Crippen LogP contribution in [0.15, 0.2) is 24.3 Å². The zero-order chi connectivity index (χ0) is 15.2. The first-order valence-corrected chi connectivity index (χ1v) is 7.36. The molecule has 1 aliphatic rings. The van der Waals surface area contributed by atoms with E-state index in [1.165, 1.54) is 0 Å². The summed E-state index contributed by atoms with van der Waals surface area (Å²) < 4.78 is 5.31. The standard InChI is InChI=1S/C16H24N2O3/c1-17(10-13-6-3-4-8-15(13)21-2)16(20)11-18-9-5-7-14(18)12-19/h3-4,6,8,14,19H,5,7,9-12H2,1-2H3/t14-/m0/s1. The molecule has 5 heteroatoms. The highest BCUT2D eigenvalue weighted by Crippen LogP contribution is 2.20. The largest absolute Gasteiger partial charge is 0.496 e. The molecule has 1 amide bonds. The number of rotatable bonds is 6. The van der Waals surface area contributed by atoms with E-state index in [9.17, 15) is 9.90 Å². The van der Waals surface area contributed by atoms with Gasteiger partial charge in [-0.1, -0.05) is 18.2 Å². The predicted octanol–water partition coefficient (Wildman–Crippen LogP) is 1.11. The molecule has 0 unspecified atom stereocenters. The van der Waals surface area contributed by atoms with Crippen molar-refractivity contribution in [3.05, 3.63) is 29.8 Å². The number of amides is 1. The van der Waals surface area contributed by atoms with Crippen LogP contribution in [-0.2, 0) is 11.3 Å². The smallest absolute Gasteiger partial charge is 0.236 e. The molecule has 0 aliphatic carbocycles. The van der Waals surface area contributed by atoms with Gasteiger partial charge >= 0.3 is 0 Å². The Morgan fingerprint density at radius 1 is 1.48 bits per heavy atom. The van der Waals surface area contributed by atoms with E-state index < -0.39 is 0 Å². The second-order valence-electron chi connectivity index (χ2n) is 5.51. The van der Waals surface area contributed by atoms with Crippen molar-refractivity contribution in [2.45, 2.75) is 25.4 Å². The summed E-state index contributed by atoms with van der Waals surface area (Å²) in [6.07, 6.45) is 2.02. The zero-order valence-corrected chi connectivity index (χ0v) is 12.8. The van der Waals surface area contributed by atoms with E-state index in [0.717, 1.165) is 30.7 Å². The van der Waals surface area contributed by atoms with E-state index >= 15 is 0 Å². The van der Waals surface area contributed by atoms with Crippen LogP contribution in [0.25, 0.3) is 0 Å². The van der Waals surface area contributed by atoms with E-state index in [0.29, 0.717) is 13.1 Å². The number of likely N-dealkylation sites (N-methyl/N-ethyl adjacent to an activating group) is 1. The lowest BCUT2D eigenvalue weighted by Crippen LogP contribution is -2.41. The average molecular weight is 292 g/mol. The van der Waals surface area contributed by atoms with Crippen LogP contribution in [0.5, 0.6) is 5.75 Å². The number of para-hydroxylation sites is 1. The normalized spacial score (nSPS) is 18.7. The molecule has 1 N–H and O–H groups in total. The van der Waals surface area contributed by atoms with Crippen molar-refractivity contribution < 1.29 is 14.6 Å². The number of hydrogen-bond donors (Lipinski definition) is 1. The van der Waals surface area contributed by atoms with Gasteiger partial charge in [-0.05, 0) is 25.5 Å². The SMILES string of the molecule is COc1ccccc1CN(C)C(=O)CN1CCC[C@H]1CO. The van der Waals surface area contributed by atoms with Gasteiger partial charge in [0.1, 0.15) is 5.75 Å². The molecule has 116 valence electrons. The Morgan fingerprint density at radius 2 is 2.24 bits per heavy atom. The topological polar surface area (TPSA) is 53.0 Å². The Morgan fingerprint density at radius 3 is 2.95 bits per heavy atom. The summed E-state index contributed by atoms with van der Waals surface area (Å²) >= 11 is 0. The fraction of sp³-hybridized carbons (Fsp3) is 0.562. The number of aliphatic hydroxyl groups is 1. The fourth-order valence-electron chi connectivity index (χ4n) is 2.78. The minimum absolute atomic E-state index is 0.0706. The molecule has 1 heterocycles. The Kier molecular flexibility index (Phi) is 5.59. The van der Waals surface area contributed by atoms with Crippen molar-refractivity contribution in [2.75, 3.05) is 33.9 Å². The van der Waals surface area contributed by atoms with E-state index in [1.54, 1.807) is 19.1 Å². The molecule has 1 aliphatic heterocycles. The van der Waals surface area contributed by atoms with Gasteiger partial charge in [-0.3, -0.25) is 9.69 Å². The number of carbonyl (C=O) groups excluding carboxylic acids is 1. The van der Waals surface area contributed by atoms with Gasteiger partial charge < -0.3 is 14.7 Å². The number of ether oxygens (including phenoxy) is 1. The van der Waals surface area contributed by atoms with Gasteiger partial charge in [0.05, 0.1) is 20.3 Å². The van der Waals surface area contributed by atoms with E-state index in [-0.39, 0.29) is 18.6 Å². The Bertz CT molecular complexity index is 478. The van der Waals surface area contributed by atoms with Gasteiger partial charge in [0.25, 0.3) is 0 Å². The third-order valence-corrected chi connectivity index (χ3v) is 4.07. The van der Waals surface area contributed by atoms with Crippen LogP contribution in [0.3, 0.4) is 0 Å². The van der Waals surface area contributed by atoms with Crippen molar-refractivity contribution in [3.8, 4) is 5.75 Å². The molecule has 1 fully saturated rings. The van der Waals surface area contributed by atoms with Gasteiger partial charge in [0.2, 0.25) is 5.91 Å². The van der Waals surface area contributed by atoms with Crippen molar-refractivity contribution in [1.29, 1.82) is 0 Å². The maximum atomic E-state index is 12.3. The highest BCUT2D eigenvalue weighted by atomic mass is 16.5. The second kappa shape index (κ2) is 7.43. The third-order valence-electron chi connectivity index (χ3n) is 4.07. The Labute approximate surface area is 126 Å². The maximum Gasteiger partial charge on any atom is 0.236 e. The van der Waals surface area contributed by atoms with Crippen LogP contribution in [-0.4, -0.2) is 60.7 Å². The molecule has 1 aromatic carbocycles. The molecule has 0 spiro atoms. The zero-order valence-electron chi connectivity index (χ0n) is 12.8. The summed E-state index contributed by atoms with van der Waals surface area (Å²) in [6.45, 7) is 1.92. The van der Waals surface area contributed by atoms with Crippen LogP contribution >= 0.6 is 0 Å². The number of benzene rings is 1. The van der Waals surface area contributed by atoms with Crippen molar-refractivity contribution in [3.63, 3.8) is 0 Å². The van der Waals surface area contributed by atoms with Crippen LogP contribution in [0, 0.1) is 0 Å². The minimum atomic E-state index is 0.0706. The molecular weight excluding hydrogens is 268 g/mol. The molecule has 5 nitrogen and oxygen atoms in total. The lowest BCUT2D eigenvalue weighted by molar-refractivity contribution is -0.132. The lowest BCUT2D eigenvalue weighted by atomic mass is 10.2. The van der Waals surface area contributed by atoms with E-state index in [1.807, 2.05) is 24.3 Å². The molecule has 2 rings (SSSR count). The van der Waals surface area contributed by atoms with Gasteiger partial charge in [-0.15, -0.1) is 0 Å². The number of nitrogens with zero attached hydrogens (tertiary/aromatic N) is 2. The van der Waals surface area contributed by atoms with Gasteiger partial charge in [0.15, 0.2) is 0 Å². The molecule has 1 atom stereocenters. The highest BCUT2D eigenvalue weighted by Gasteiger charge is 2.26.